The number of hydrogen-bond acceptors (Lipinski definition) is 6. The van der Waals surface area contributed by atoms with Gasteiger partial charge in [-0.1, -0.05) is 57.3 Å². The number of aryl methyl sites for hydroxylation is 2. The molecule has 3 aromatic rings. The van der Waals surface area contributed by atoms with Crippen LogP contribution < -0.4 is 9.47 Å². The van der Waals surface area contributed by atoms with Crippen molar-refractivity contribution in [3.63, 3.8) is 0 Å². The maximum Gasteiger partial charge on any atom is 0.338 e. The number of benzene rings is 3. The maximum atomic E-state index is 12.3. The first-order valence-corrected chi connectivity index (χ1v) is 13.3. The molecule has 206 valence electrons. The van der Waals surface area contributed by atoms with Gasteiger partial charge in [-0.05, 0) is 77.4 Å². The van der Waals surface area contributed by atoms with Gasteiger partial charge in [-0.2, -0.15) is 0 Å². The average Bonchev–Trinajstić information content (AvgIpc) is 3.30. The third-order valence-corrected chi connectivity index (χ3v) is 6.87. The molecule has 0 radical (unpaired) electrons. The molecular formula is C34H34O6. The molecule has 1 aliphatic rings. The minimum absolute atomic E-state index is 0.175. The molecule has 0 amide bonds. The lowest BCUT2D eigenvalue weighted by Gasteiger charge is -2.16. The van der Waals surface area contributed by atoms with E-state index < -0.39 is 11.9 Å². The van der Waals surface area contributed by atoms with Crippen LogP contribution in [0.15, 0.2) is 73.3 Å². The number of carbonyl (C=O) groups excluding carboxylic acids is 3. The molecule has 0 heterocycles. The number of ether oxygens (including phenoxy) is 3. The van der Waals surface area contributed by atoms with Crippen LogP contribution in [0.1, 0.15) is 43.0 Å². The van der Waals surface area contributed by atoms with Crippen LogP contribution in [-0.2, 0) is 32.0 Å². The fourth-order valence-electron chi connectivity index (χ4n) is 4.75. The Bertz CT molecular complexity index is 1530. The van der Waals surface area contributed by atoms with Crippen LogP contribution in [0.4, 0.5) is 0 Å². The molecule has 0 aromatic heterocycles. The van der Waals surface area contributed by atoms with E-state index in [1.807, 2.05) is 13.8 Å². The van der Waals surface area contributed by atoms with Gasteiger partial charge in [-0.15, -0.1) is 0 Å². The van der Waals surface area contributed by atoms with Gasteiger partial charge in [0.25, 0.3) is 0 Å². The van der Waals surface area contributed by atoms with E-state index in [-0.39, 0.29) is 29.3 Å². The predicted molar refractivity (Wildman–Crippen MR) is 155 cm³/mol. The number of esters is 3. The highest BCUT2D eigenvalue weighted by Gasteiger charge is 2.25. The van der Waals surface area contributed by atoms with E-state index in [0.29, 0.717) is 18.6 Å². The van der Waals surface area contributed by atoms with Crippen molar-refractivity contribution in [1.29, 1.82) is 0 Å². The first kappa shape index (κ1) is 28.6. The van der Waals surface area contributed by atoms with Gasteiger partial charge in [0, 0.05) is 30.6 Å². The topological polar surface area (TPSA) is 78.9 Å². The second kappa shape index (κ2) is 11.7. The predicted octanol–water partition coefficient (Wildman–Crippen LogP) is 6.88. The van der Waals surface area contributed by atoms with Crippen LogP contribution in [-0.4, -0.2) is 24.0 Å². The number of carbonyl (C=O) groups is 3. The highest BCUT2D eigenvalue weighted by molar-refractivity contribution is 5.89. The molecule has 1 unspecified atom stereocenters. The average molecular weight is 539 g/mol. The van der Waals surface area contributed by atoms with Gasteiger partial charge in [-0.3, -0.25) is 4.79 Å². The van der Waals surface area contributed by atoms with Crippen molar-refractivity contribution in [3.05, 3.63) is 95.6 Å². The van der Waals surface area contributed by atoms with Gasteiger partial charge in [0.1, 0.15) is 17.6 Å². The lowest BCUT2D eigenvalue weighted by Crippen LogP contribution is -2.16. The van der Waals surface area contributed by atoms with Gasteiger partial charge in [-0.25, -0.2) is 9.59 Å². The number of hydrogen-bond donors (Lipinski definition) is 0. The van der Waals surface area contributed by atoms with Crippen molar-refractivity contribution < 1.29 is 28.6 Å². The van der Waals surface area contributed by atoms with Crippen molar-refractivity contribution in [2.24, 2.45) is 5.92 Å². The molecular weight excluding hydrogens is 504 g/mol. The van der Waals surface area contributed by atoms with Crippen molar-refractivity contribution in [2.45, 2.75) is 53.6 Å². The Morgan fingerprint density at radius 2 is 1.45 bits per heavy atom. The monoisotopic (exact) mass is 538 g/mol. The molecule has 0 saturated heterocycles. The highest BCUT2D eigenvalue weighted by Crippen LogP contribution is 2.37. The molecule has 6 heteroatoms. The van der Waals surface area contributed by atoms with Crippen molar-refractivity contribution in [2.75, 3.05) is 0 Å². The molecule has 40 heavy (non-hydrogen) atoms. The zero-order valence-corrected chi connectivity index (χ0v) is 23.6. The van der Waals surface area contributed by atoms with Gasteiger partial charge in [0.05, 0.1) is 5.92 Å². The summed E-state index contributed by atoms with van der Waals surface area (Å²) >= 11 is 0. The van der Waals surface area contributed by atoms with E-state index >= 15 is 0 Å². The molecule has 1 atom stereocenters. The van der Waals surface area contributed by atoms with Crippen LogP contribution in [0, 0.1) is 19.8 Å². The Morgan fingerprint density at radius 1 is 0.850 bits per heavy atom. The Morgan fingerprint density at radius 3 is 2.05 bits per heavy atom. The Labute approximate surface area is 235 Å². The summed E-state index contributed by atoms with van der Waals surface area (Å²) < 4.78 is 16.5. The lowest BCUT2D eigenvalue weighted by atomic mass is 9.91. The summed E-state index contributed by atoms with van der Waals surface area (Å²) in [5.41, 5.74) is 8.53. The van der Waals surface area contributed by atoms with Gasteiger partial charge < -0.3 is 14.2 Å². The molecule has 0 N–H and O–H groups in total. The SMILES string of the molecule is C=CC(=O)OC1Cc2ccc(-c3cc(C)c(-c4cc(OC(=O)C(=C)C)cc(OC(=O)C(C)C)c4)cc3C)cc2C1. The van der Waals surface area contributed by atoms with E-state index in [9.17, 15) is 14.4 Å². The largest absolute Gasteiger partial charge is 0.459 e. The van der Waals surface area contributed by atoms with Gasteiger partial charge in [0.2, 0.25) is 0 Å². The molecule has 0 aliphatic heterocycles. The van der Waals surface area contributed by atoms with Crippen LogP contribution >= 0.6 is 0 Å². The smallest absolute Gasteiger partial charge is 0.338 e. The van der Waals surface area contributed by atoms with Crippen LogP contribution in [0.5, 0.6) is 11.5 Å². The quantitative estimate of drug-likeness (QED) is 0.177. The molecule has 6 nitrogen and oxygen atoms in total. The first-order valence-electron chi connectivity index (χ1n) is 13.3. The van der Waals surface area contributed by atoms with E-state index in [0.717, 1.165) is 33.4 Å². The van der Waals surface area contributed by atoms with E-state index in [1.54, 1.807) is 32.9 Å². The zero-order valence-electron chi connectivity index (χ0n) is 23.6. The second-order valence-corrected chi connectivity index (χ2v) is 10.6. The molecule has 0 bridgehead atoms. The fraction of sp³-hybridized carbons (Fsp3) is 0.265. The normalized spacial score (nSPS) is 13.9. The van der Waals surface area contributed by atoms with Crippen molar-refractivity contribution >= 4 is 17.9 Å². The minimum Gasteiger partial charge on any atom is -0.459 e. The lowest BCUT2D eigenvalue weighted by molar-refractivity contribution is -0.142. The Balaban J connectivity index is 1.69. The van der Waals surface area contributed by atoms with E-state index in [2.05, 4.69) is 43.5 Å². The van der Waals surface area contributed by atoms with Gasteiger partial charge >= 0.3 is 17.9 Å². The summed E-state index contributed by atoms with van der Waals surface area (Å²) in [6.07, 6.45) is 2.39. The third-order valence-electron chi connectivity index (χ3n) is 6.87. The highest BCUT2D eigenvalue weighted by atomic mass is 16.5. The molecule has 1 aliphatic carbocycles. The molecule has 0 fully saturated rings. The van der Waals surface area contributed by atoms with Crippen molar-refractivity contribution in [3.8, 4) is 33.8 Å². The van der Waals surface area contributed by atoms with Crippen LogP contribution in [0.2, 0.25) is 0 Å². The first-order chi connectivity index (χ1) is 18.9. The minimum atomic E-state index is -0.556. The van der Waals surface area contributed by atoms with E-state index in [4.69, 9.17) is 14.2 Å². The Hall–Kier alpha value is -4.45. The molecule has 4 rings (SSSR count). The summed E-state index contributed by atoms with van der Waals surface area (Å²) in [7, 11) is 0. The van der Waals surface area contributed by atoms with E-state index in [1.165, 1.54) is 23.3 Å². The summed E-state index contributed by atoms with van der Waals surface area (Å²) in [5.74, 6) is -1.09. The summed E-state index contributed by atoms with van der Waals surface area (Å²) in [6, 6.07) is 15.6. The fourth-order valence-corrected chi connectivity index (χ4v) is 4.75. The van der Waals surface area contributed by atoms with Crippen LogP contribution in [0.3, 0.4) is 0 Å². The van der Waals surface area contributed by atoms with Gasteiger partial charge in [0.15, 0.2) is 0 Å². The molecule has 0 saturated carbocycles. The summed E-state index contributed by atoms with van der Waals surface area (Å²) in [4.78, 5) is 36.2. The molecule has 3 aromatic carbocycles. The standard InChI is InChI=1S/C34H34O6/c1-8-32(35)38-27-14-23-9-10-24(13-25(23)15-27)30-11-22(7)31(12-21(30)6)26-16-28(39-33(36)19(2)3)18-29(17-26)40-34(37)20(4)5/h8-13,16-18,20,27H,1-2,14-15H2,3-7H3. The maximum absolute atomic E-state index is 12.3. The zero-order chi connectivity index (χ0) is 29.1. The number of rotatable bonds is 8. The number of fused-ring (bicyclic) bond motifs is 1. The third kappa shape index (κ3) is 6.40. The summed E-state index contributed by atoms with van der Waals surface area (Å²) in [5, 5.41) is 0. The molecule has 0 spiro atoms. The second-order valence-electron chi connectivity index (χ2n) is 10.6. The van der Waals surface area contributed by atoms with Crippen molar-refractivity contribution in [1.82, 2.24) is 0 Å². The summed E-state index contributed by atoms with van der Waals surface area (Å²) in [6.45, 7) is 16.3. The van der Waals surface area contributed by atoms with Crippen LogP contribution in [0.25, 0.3) is 22.3 Å². The Kier molecular flexibility index (Phi) is 8.38.